The van der Waals surface area contributed by atoms with Crippen LogP contribution in [0.2, 0.25) is 0 Å². The number of Topliss-reactive ketones (excluding diaryl/α,β-unsaturated/α-hetero) is 1. The fourth-order valence-corrected chi connectivity index (χ4v) is 2.24. The number of ketones is 1. The van der Waals surface area contributed by atoms with Crippen LogP contribution in [-0.4, -0.2) is 19.4 Å². The van der Waals surface area contributed by atoms with Gasteiger partial charge in [-0.15, -0.1) is 0 Å². The van der Waals surface area contributed by atoms with Crippen LogP contribution in [-0.2, 0) is 0 Å². The van der Waals surface area contributed by atoms with Crippen molar-refractivity contribution in [1.29, 1.82) is 0 Å². The molecule has 1 aromatic carbocycles. The fraction of sp³-hybridized carbons (Fsp3) is 0.533. The van der Waals surface area contributed by atoms with Crippen LogP contribution in [0.25, 0.3) is 0 Å². The summed E-state index contributed by atoms with van der Waals surface area (Å²) in [5.74, 6) is 0.768. The van der Waals surface area contributed by atoms with Gasteiger partial charge in [-0.2, -0.15) is 0 Å². The first-order valence-corrected chi connectivity index (χ1v) is 6.33. The van der Waals surface area contributed by atoms with Gasteiger partial charge in [0.15, 0.2) is 5.78 Å². The number of ether oxygens (including phenoxy) is 1. The molecule has 0 heterocycles. The average Bonchev–Trinajstić information content (AvgIpc) is 2.32. The zero-order valence-corrected chi connectivity index (χ0v) is 12.0. The SMILES string of the molecule is COc1c(C)c(C)cc(C)c1C(=O)C(C)CCN. The first-order valence-electron chi connectivity index (χ1n) is 6.33. The Morgan fingerprint density at radius 3 is 2.44 bits per heavy atom. The van der Waals surface area contributed by atoms with Crippen LogP contribution < -0.4 is 10.5 Å². The second-order valence-electron chi connectivity index (χ2n) is 4.89. The summed E-state index contributed by atoms with van der Waals surface area (Å²) in [6.45, 7) is 8.42. The van der Waals surface area contributed by atoms with E-state index in [0.29, 0.717) is 24.3 Å². The molecular weight excluding hydrogens is 226 g/mol. The van der Waals surface area contributed by atoms with Gasteiger partial charge in [-0.05, 0) is 50.4 Å². The van der Waals surface area contributed by atoms with Crippen LogP contribution in [0.15, 0.2) is 6.07 Å². The van der Waals surface area contributed by atoms with Crippen LogP contribution in [0.3, 0.4) is 0 Å². The minimum atomic E-state index is -0.0651. The van der Waals surface area contributed by atoms with Gasteiger partial charge in [-0.25, -0.2) is 0 Å². The van der Waals surface area contributed by atoms with Gasteiger partial charge in [-0.3, -0.25) is 4.79 Å². The van der Waals surface area contributed by atoms with Crippen molar-refractivity contribution in [2.75, 3.05) is 13.7 Å². The molecule has 0 saturated carbocycles. The van der Waals surface area contributed by atoms with Crippen molar-refractivity contribution in [2.45, 2.75) is 34.1 Å². The number of hydrogen-bond donors (Lipinski definition) is 1. The van der Waals surface area contributed by atoms with Gasteiger partial charge in [0.2, 0.25) is 0 Å². The van der Waals surface area contributed by atoms with Crippen molar-refractivity contribution in [3.05, 3.63) is 28.3 Å². The molecule has 0 aliphatic heterocycles. The number of carbonyl (C=O) groups excluding carboxylic acids is 1. The Kier molecular flexibility index (Phi) is 4.91. The monoisotopic (exact) mass is 249 g/mol. The Hall–Kier alpha value is -1.35. The maximum atomic E-state index is 12.5. The Morgan fingerprint density at radius 1 is 1.33 bits per heavy atom. The highest BCUT2D eigenvalue weighted by molar-refractivity contribution is 6.02. The van der Waals surface area contributed by atoms with Gasteiger partial charge in [0, 0.05) is 5.92 Å². The third-order valence-electron chi connectivity index (χ3n) is 3.48. The van der Waals surface area contributed by atoms with Crippen LogP contribution in [0.4, 0.5) is 0 Å². The Morgan fingerprint density at radius 2 is 1.94 bits per heavy atom. The van der Waals surface area contributed by atoms with Gasteiger partial charge in [-0.1, -0.05) is 13.0 Å². The molecule has 100 valence electrons. The van der Waals surface area contributed by atoms with E-state index < -0.39 is 0 Å². The maximum Gasteiger partial charge on any atom is 0.169 e. The number of benzene rings is 1. The predicted octanol–water partition coefficient (Wildman–Crippen LogP) is 2.79. The number of aryl methyl sites for hydroxylation is 2. The molecule has 0 amide bonds. The number of methoxy groups -OCH3 is 1. The van der Waals surface area contributed by atoms with Crippen molar-refractivity contribution in [3.8, 4) is 5.75 Å². The van der Waals surface area contributed by atoms with E-state index in [0.717, 1.165) is 16.7 Å². The molecule has 0 bridgehead atoms. The summed E-state index contributed by atoms with van der Waals surface area (Å²) in [7, 11) is 1.62. The molecule has 2 N–H and O–H groups in total. The van der Waals surface area contributed by atoms with Crippen LogP contribution in [0.5, 0.6) is 5.75 Å². The molecule has 1 unspecified atom stereocenters. The molecule has 3 nitrogen and oxygen atoms in total. The van der Waals surface area contributed by atoms with E-state index in [-0.39, 0.29) is 11.7 Å². The van der Waals surface area contributed by atoms with Crippen molar-refractivity contribution in [3.63, 3.8) is 0 Å². The number of hydrogen-bond acceptors (Lipinski definition) is 3. The van der Waals surface area contributed by atoms with E-state index in [2.05, 4.69) is 0 Å². The minimum Gasteiger partial charge on any atom is -0.496 e. The Bertz CT molecular complexity index is 452. The van der Waals surface area contributed by atoms with E-state index in [9.17, 15) is 4.79 Å². The number of nitrogens with two attached hydrogens (primary N) is 1. The van der Waals surface area contributed by atoms with Gasteiger partial charge in [0.25, 0.3) is 0 Å². The van der Waals surface area contributed by atoms with Crippen LogP contribution in [0.1, 0.15) is 40.4 Å². The lowest BCUT2D eigenvalue weighted by atomic mass is 9.90. The smallest absolute Gasteiger partial charge is 0.169 e. The van der Waals surface area contributed by atoms with Crippen molar-refractivity contribution < 1.29 is 9.53 Å². The minimum absolute atomic E-state index is 0.0651. The highest BCUT2D eigenvalue weighted by atomic mass is 16.5. The van der Waals surface area contributed by atoms with E-state index in [1.165, 1.54) is 0 Å². The van der Waals surface area contributed by atoms with Gasteiger partial charge < -0.3 is 10.5 Å². The van der Waals surface area contributed by atoms with Crippen LogP contribution in [0, 0.1) is 26.7 Å². The second kappa shape index (κ2) is 6.01. The highest BCUT2D eigenvalue weighted by Gasteiger charge is 2.22. The molecule has 0 aromatic heterocycles. The molecule has 18 heavy (non-hydrogen) atoms. The van der Waals surface area contributed by atoms with E-state index in [4.69, 9.17) is 10.5 Å². The van der Waals surface area contributed by atoms with Gasteiger partial charge >= 0.3 is 0 Å². The van der Waals surface area contributed by atoms with E-state index in [1.807, 2.05) is 33.8 Å². The third-order valence-corrected chi connectivity index (χ3v) is 3.48. The molecule has 0 fully saturated rings. The lowest BCUT2D eigenvalue weighted by Crippen LogP contribution is -2.18. The third kappa shape index (κ3) is 2.72. The average molecular weight is 249 g/mol. The molecule has 0 aliphatic rings. The number of carbonyl (C=O) groups is 1. The van der Waals surface area contributed by atoms with Crippen molar-refractivity contribution in [2.24, 2.45) is 11.7 Å². The van der Waals surface area contributed by atoms with Crippen molar-refractivity contribution >= 4 is 5.78 Å². The lowest BCUT2D eigenvalue weighted by molar-refractivity contribution is 0.0921. The molecule has 3 heteroatoms. The molecule has 0 spiro atoms. The summed E-state index contributed by atoms with van der Waals surface area (Å²) in [6.07, 6.45) is 0.703. The molecule has 0 radical (unpaired) electrons. The van der Waals surface area contributed by atoms with Gasteiger partial charge in [0.05, 0.1) is 12.7 Å². The highest BCUT2D eigenvalue weighted by Crippen LogP contribution is 2.31. The van der Waals surface area contributed by atoms with Gasteiger partial charge in [0.1, 0.15) is 5.75 Å². The molecule has 1 aromatic rings. The first-order chi connectivity index (χ1) is 8.43. The molecule has 1 rings (SSSR count). The predicted molar refractivity (Wildman–Crippen MR) is 74.4 cm³/mol. The summed E-state index contributed by atoms with van der Waals surface area (Å²) in [5.41, 5.74) is 9.39. The standard InChI is InChI=1S/C15H23NO2/c1-9(6-7-16)14(17)13-11(3)8-10(2)12(4)15(13)18-5/h8-9H,6-7,16H2,1-5H3. The molecule has 0 saturated heterocycles. The summed E-state index contributed by atoms with van der Waals surface area (Å²) in [6, 6.07) is 2.04. The number of rotatable bonds is 5. The van der Waals surface area contributed by atoms with E-state index >= 15 is 0 Å². The largest absolute Gasteiger partial charge is 0.496 e. The summed E-state index contributed by atoms with van der Waals surface area (Å²) >= 11 is 0. The zero-order valence-electron chi connectivity index (χ0n) is 12.0. The topological polar surface area (TPSA) is 52.3 Å². The van der Waals surface area contributed by atoms with E-state index in [1.54, 1.807) is 7.11 Å². The zero-order chi connectivity index (χ0) is 13.9. The summed E-state index contributed by atoms with van der Waals surface area (Å²) < 4.78 is 5.44. The first kappa shape index (κ1) is 14.7. The maximum absolute atomic E-state index is 12.5. The van der Waals surface area contributed by atoms with Crippen LogP contribution >= 0.6 is 0 Å². The Balaban J connectivity index is 3.31. The summed E-state index contributed by atoms with van der Waals surface area (Å²) in [5, 5.41) is 0. The Labute approximate surface area is 109 Å². The molecular formula is C15H23NO2. The van der Waals surface area contributed by atoms with Crippen molar-refractivity contribution in [1.82, 2.24) is 0 Å². The molecule has 0 aliphatic carbocycles. The normalized spacial score (nSPS) is 12.3. The summed E-state index contributed by atoms with van der Waals surface area (Å²) in [4.78, 5) is 12.5. The quantitative estimate of drug-likeness (QED) is 0.816. The second-order valence-corrected chi connectivity index (χ2v) is 4.89. The lowest BCUT2D eigenvalue weighted by Gasteiger charge is -2.18. The fourth-order valence-electron chi connectivity index (χ4n) is 2.24. The molecule has 1 atom stereocenters.